The number of benzene rings is 3. The van der Waals surface area contributed by atoms with Crippen LogP contribution in [0.25, 0.3) is 10.8 Å². The SMILES string of the molecule is Cc1ccc(NCc2c(O)ccc3ccccc23)c(Cl)c1. The van der Waals surface area contributed by atoms with Crippen LogP contribution in [-0.2, 0) is 6.54 Å². The van der Waals surface area contributed by atoms with Crippen molar-refractivity contribution in [2.45, 2.75) is 13.5 Å². The summed E-state index contributed by atoms with van der Waals surface area (Å²) in [4.78, 5) is 0. The van der Waals surface area contributed by atoms with Crippen LogP contribution in [-0.4, -0.2) is 5.11 Å². The first-order chi connectivity index (χ1) is 10.1. The summed E-state index contributed by atoms with van der Waals surface area (Å²) in [6.07, 6.45) is 0. The van der Waals surface area contributed by atoms with Gasteiger partial charge in [0.1, 0.15) is 5.75 Å². The van der Waals surface area contributed by atoms with Crippen molar-refractivity contribution in [1.82, 2.24) is 0 Å². The van der Waals surface area contributed by atoms with Gasteiger partial charge in [0.15, 0.2) is 0 Å². The highest BCUT2D eigenvalue weighted by atomic mass is 35.5. The molecule has 2 nitrogen and oxygen atoms in total. The molecule has 3 rings (SSSR count). The number of rotatable bonds is 3. The van der Waals surface area contributed by atoms with Crippen LogP contribution < -0.4 is 5.32 Å². The monoisotopic (exact) mass is 297 g/mol. The lowest BCUT2D eigenvalue weighted by molar-refractivity contribution is 0.470. The molecule has 0 spiro atoms. The van der Waals surface area contributed by atoms with Gasteiger partial charge in [0, 0.05) is 12.1 Å². The van der Waals surface area contributed by atoms with Gasteiger partial charge in [-0.3, -0.25) is 0 Å². The Morgan fingerprint density at radius 2 is 1.86 bits per heavy atom. The fourth-order valence-electron chi connectivity index (χ4n) is 2.46. The molecule has 0 unspecified atom stereocenters. The van der Waals surface area contributed by atoms with Crippen molar-refractivity contribution >= 4 is 28.1 Å². The van der Waals surface area contributed by atoms with Crippen LogP contribution in [0.2, 0.25) is 5.02 Å². The smallest absolute Gasteiger partial charge is 0.121 e. The van der Waals surface area contributed by atoms with Gasteiger partial charge in [-0.25, -0.2) is 0 Å². The number of nitrogens with one attached hydrogen (secondary N) is 1. The zero-order valence-electron chi connectivity index (χ0n) is 11.7. The number of anilines is 1. The lowest BCUT2D eigenvalue weighted by atomic mass is 10.0. The van der Waals surface area contributed by atoms with E-state index in [1.54, 1.807) is 6.07 Å². The maximum Gasteiger partial charge on any atom is 0.121 e. The summed E-state index contributed by atoms with van der Waals surface area (Å²) in [6.45, 7) is 2.53. The largest absolute Gasteiger partial charge is 0.508 e. The highest BCUT2D eigenvalue weighted by Crippen LogP contribution is 2.29. The Morgan fingerprint density at radius 1 is 1.05 bits per heavy atom. The van der Waals surface area contributed by atoms with Crippen molar-refractivity contribution in [3.8, 4) is 5.75 Å². The Balaban J connectivity index is 1.93. The number of aryl methyl sites for hydroxylation is 1. The van der Waals surface area contributed by atoms with Crippen molar-refractivity contribution in [3.63, 3.8) is 0 Å². The summed E-state index contributed by atoms with van der Waals surface area (Å²) in [7, 11) is 0. The van der Waals surface area contributed by atoms with Crippen LogP contribution >= 0.6 is 11.6 Å². The molecule has 106 valence electrons. The zero-order valence-corrected chi connectivity index (χ0v) is 12.5. The highest BCUT2D eigenvalue weighted by molar-refractivity contribution is 6.33. The summed E-state index contributed by atoms with van der Waals surface area (Å²) in [5, 5.41) is 16.3. The molecule has 0 saturated carbocycles. The Kier molecular flexibility index (Phi) is 3.72. The molecule has 0 aromatic heterocycles. The minimum absolute atomic E-state index is 0.296. The average Bonchev–Trinajstić information content (AvgIpc) is 2.48. The number of hydrogen-bond donors (Lipinski definition) is 2. The maximum absolute atomic E-state index is 10.1. The van der Waals surface area contributed by atoms with E-state index in [1.165, 1.54) is 0 Å². The molecule has 0 radical (unpaired) electrons. The second-order valence-corrected chi connectivity index (χ2v) is 5.53. The van der Waals surface area contributed by atoms with E-state index in [1.807, 2.05) is 55.5 Å². The van der Waals surface area contributed by atoms with E-state index in [2.05, 4.69) is 5.32 Å². The average molecular weight is 298 g/mol. The molecule has 0 heterocycles. The van der Waals surface area contributed by atoms with Crippen LogP contribution in [0.4, 0.5) is 5.69 Å². The van der Waals surface area contributed by atoms with E-state index >= 15 is 0 Å². The van der Waals surface area contributed by atoms with Crippen molar-refractivity contribution in [1.29, 1.82) is 0 Å². The van der Waals surface area contributed by atoms with E-state index in [4.69, 9.17) is 11.6 Å². The van der Waals surface area contributed by atoms with Gasteiger partial charge in [0.05, 0.1) is 10.7 Å². The van der Waals surface area contributed by atoms with E-state index < -0.39 is 0 Å². The highest BCUT2D eigenvalue weighted by Gasteiger charge is 2.07. The third-order valence-corrected chi connectivity index (χ3v) is 3.91. The lowest BCUT2D eigenvalue weighted by Crippen LogP contribution is -2.01. The first-order valence-electron chi connectivity index (χ1n) is 6.85. The molecular weight excluding hydrogens is 282 g/mol. The third kappa shape index (κ3) is 2.81. The molecule has 0 aliphatic heterocycles. The van der Waals surface area contributed by atoms with E-state index in [-0.39, 0.29) is 0 Å². The molecule has 3 aromatic carbocycles. The van der Waals surface area contributed by atoms with Gasteiger partial charge in [-0.2, -0.15) is 0 Å². The summed E-state index contributed by atoms with van der Waals surface area (Å²) in [5.74, 6) is 0.296. The first kappa shape index (κ1) is 13.8. The molecule has 0 aliphatic carbocycles. The van der Waals surface area contributed by atoms with Crippen molar-refractivity contribution in [2.24, 2.45) is 0 Å². The van der Waals surface area contributed by atoms with Crippen LogP contribution in [0.1, 0.15) is 11.1 Å². The topological polar surface area (TPSA) is 32.3 Å². The molecule has 3 heteroatoms. The van der Waals surface area contributed by atoms with Gasteiger partial charge in [0.2, 0.25) is 0 Å². The zero-order chi connectivity index (χ0) is 14.8. The van der Waals surface area contributed by atoms with Crippen molar-refractivity contribution in [2.75, 3.05) is 5.32 Å². The van der Waals surface area contributed by atoms with Gasteiger partial charge in [-0.15, -0.1) is 0 Å². The summed E-state index contributed by atoms with van der Waals surface area (Å²) in [5.41, 5.74) is 2.87. The van der Waals surface area contributed by atoms with Crippen molar-refractivity contribution in [3.05, 3.63) is 70.7 Å². The van der Waals surface area contributed by atoms with E-state index in [0.717, 1.165) is 27.6 Å². The van der Waals surface area contributed by atoms with Gasteiger partial charge in [-0.1, -0.05) is 48.0 Å². The number of phenols is 1. The van der Waals surface area contributed by atoms with Gasteiger partial charge >= 0.3 is 0 Å². The molecule has 0 atom stereocenters. The number of fused-ring (bicyclic) bond motifs is 1. The lowest BCUT2D eigenvalue weighted by Gasteiger charge is -2.12. The molecule has 2 N–H and O–H groups in total. The standard InChI is InChI=1S/C18H16ClNO/c1-12-6-8-17(16(19)10-12)20-11-15-14-5-3-2-4-13(14)7-9-18(15)21/h2-10,20-21H,11H2,1H3. The minimum Gasteiger partial charge on any atom is -0.508 e. The molecule has 3 aromatic rings. The van der Waals surface area contributed by atoms with Crippen molar-refractivity contribution < 1.29 is 5.11 Å². The van der Waals surface area contributed by atoms with Crippen LogP contribution in [0.3, 0.4) is 0 Å². The summed E-state index contributed by atoms with van der Waals surface area (Å²) < 4.78 is 0. The van der Waals surface area contributed by atoms with Crippen LogP contribution in [0.15, 0.2) is 54.6 Å². The number of halogens is 1. The molecule has 0 fully saturated rings. The van der Waals surface area contributed by atoms with E-state index in [9.17, 15) is 5.11 Å². The predicted molar refractivity (Wildman–Crippen MR) is 89.1 cm³/mol. The van der Waals surface area contributed by atoms with E-state index in [0.29, 0.717) is 17.3 Å². The number of aromatic hydroxyl groups is 1. The summed E-state index contributed by atoms with van der Waals surface area (Å²) in [6, 6.07) is 17.6. The second kappa shape index (κ2) is 5.66. The number of hydrogen-bond acceptors (Lipinski definition) is 2. The molecule has 0 saturated heterocycles. The Hall–Kier alpha value is -2.19. The Labute approximate surface area is 129 Å². The van der Waals surface area contributed by atoms with Gasteiger partial charge in [0.25, 0.3) is 0 Å². The Morgan fingerprint density at radius 3 is 2.67 bits per heavy atom. The second-order valence-electron chi connectivity index (χ2n) is 5.12. The molecule has 0 aliphatic rings. The van der Waals surface area contributed by atoms with Crippen LogP contribution in [0.5, 0.6) is 5.75 Å². The predicted octanol–water partition coefficient (Wildman–Crippen LogP) is 5.12. The first-order valence-corrected chi connectivity index (χ1v) is 7.22. The minimum atomic E-state index is 0.296. The molecular formula is C18H16ClNO. The summed E-state index contributed by atoms with van der Waals surface area (Å²) >= 11 is 6.23. The third-order valence-electron chi connectivity index (χ3n) is 3.60. The Bertz CT molecular complexity index is 798. The van der Waals surface area contributed by atoms with Gasteiger partial charge < -0.3 is 10.4 Å². The number of phenolic OH excluding ortho intramolecular Hbond substituents is 1. The maximum atomic E-state index is 10.1. The van der Waals surface area contributed by atoms with Crippen LogP contribution in [0, 0.1) is 6.92 Å². The molecule has 0 amide bonds. The molecule has 21 heavy (non-hydrogen) atoms. The van der Waals surface area contributed by atoms with Gasteiger partial charge in [-0.05, 0) is 41.5 Å². The fourth-order valence-corrected chi connectivity index (χ4v) is 2.76. The quantitative estimate of drug-likeness (QED) is 0.703. The fraction of sp³-hybridized carbons (Fsp3) is 0.111. The molecule has 0 bridgehead atoms. The normalized spacial score (nSPS) is 10.8.